The van der Waals surface area contributed by atoms with Crippen molar-refractivity contribution in [3.8, 4) is 5.88 Å². The van der Waals surface area contributed by atoms with Crippen LogP contribution in [-0.2, 0) is 0 Å². The lowest BCUT2D eigenvalue weighted by atomic mass is 10.1. The van der Waals surface area contributed by atoms with E-state index in [1.54, 1.807) is 36.8 Å². The highest BCUT2D eigenvalue weighted by Gasteiger charge is 2.15. The van der Waals surface area contributed by atoms with Gasteiger partial charge in [-0.3, -0.25) is 0 Å². The highest BCUT2D eigenvalue weighted by molar-refractivity contribution is 7.07. The van der Waals surface area contributed by atoms with Crippen LogP contribution in [0.3, 0.4) is 0 Å². The van der Waals surface area contributed by atoms with Gasteiger partial charge in [0.05, 0.1) is 25.0 Å². The lowest BCUT2D eigenvalue weighted by Crippen LogP contribution is -2.36. The molecule has 0 saturated heterocycles. The van der Waals surface area contributed by atoms with Gasteiger partial charge >= 0.3 is 6.03 Å². The van der Waals surface area contributed by atoms with Crippen LogP contribution in [0.4, 0.5) is 10.5 Å². The van der Waals surface area contributed by atoms with Crippen LogP contribution in [0.2, 0.25) is 0 Å². The smallest absolute Gasteiger partial charge is 0.319 e. The molecule has 0 aliphatic rings. The Kier molecular flexibility index (Phi) is 5.74. The van der Waals surface area contributed by atoms with Gasteiger partial charge in [-0.25, -0.2) is 9.78 Å². The summed E-state index contributed by atoms with van der Waals surface area (Å²) in [5.74, 6) is 0.510. The number of hydrogen-bond donors (Lipinski definition) is 2. The standard InChI is InChI=1S/C15H20N4O2S/c1-19(2)13(11-6-7-22-10-11)9-17-15(20)18-12-4-5-14(21-3)16-8-12/h4-8,10,13H,9H2,1-3H3,(H2,17,18,20). The van der Waals surface area contributed by atoms with Crippen molar-refractivity contribution in [3.05, 3.63) is 40.7 Å². The molecule has 2 heterocycles. The van der Waals surface area contributed by atoms with Gasteiger partial charge in [-0.05, 0) is 42.6 Å². The van der Waals surface area contributed by atoms with Crippen molar-refractivity contribution < 1.29 is 9.53 Å². The monoisotopic (exact) mass is 320 g/mol. The van der Waals surface area contributed by atoms with Crippen molar-refractivity contribution in [1.82, 2.24) is 15.2 Å². The summed E-state index contributed by atoms with van der Waals surface area (Å²) >= 11 is 1.65. The molecule has 2 aromatic rings. The SMILES string of the molecule is COc1ccc(NC(=O)NCC(c2ccsc2)N(C)C)cn1. The quantitative estimate of drug-likeness (QED) is 0.858. The highest BCUT2D eigenvalue weighted by Crippen LogP contribution is 2.20. The number of hydrogen-bond acceptors (Lipinski definition) is 5. The maximum Gasteiger partial charge on any atom is 0.319 e. The van der Waals surface area contributed by atoms with E-state index < -0.39 is 0 Å². The number of amides is 2. The number of urea groups is 1. The van der Waals surface area contributed by atoms with Crippen molar-refractivity contribution in [2.45, 2.75) is 6.04 Å². The topological polar surface area (TPSA) is 66.5 Å². The third-order valence-electron chi connectivity index (χ3n) is 3.21. The van der Waals surface area contributed by atoms with E-state index in [1.807, 2.05) is 19.5 Å². The Hall–Kier alpha value is -2.12. The average molecular weight is 320 g/mol. The summed E-state index contributed by atoms with van der Waals surface area (Å²) in [4.78, 5) is 18.1. The van der Waals surface area contributed by atoms with Gasteiger partial charge in [0.15, 0.2) is 0 Å². The number of nitrogens with zero attached hydrogens (tertiary/aromatic N) is 2. The van der Waals surface area contributed by atoms with E-state index in [-0.39, 0.29) is 12.1 Å². The van der Waals surface area contributed by atoms with Crippen molar-refractivity contribution in [2.24, 2.45) is 0 Å². The predicted octanol–water partition coefficient (Wildman–Crippen LogP) is 2.58. The Morgan fingerprint density at radius 1 is 1.41 bits per heavy atom. The van der Waals surface area contributed by atoms with E-state index in [0.717, 1.165) is 0 Å². The third kappa shape index (κ3) is 4.44. The second-order valence-corrected chi connectivity index (χ2v) is 5.74. The van der Waals surface area contributed by atoms with Crippen LogP contribution in [0.5, 0.6) is 5.88 Å². The molecule has 0 bridgehead atoms. The van der Waals surface area contributed by atoms with E-state index in [1.165, 1.54) is 5.56 Å². The van der Waals surface area contributed by atoms with Crippen LogP contribution in [0.15, 0.2) is 35.2 Å². The molecule has 22 heavy (non-hydrogen) atoms. The molecule has 7 heteroatoms. The van der Waals surface area contributed by atoms with Crippen LogP contribution in [0.25, 0.3) is 0 Å². The summed E-state index contributed by atoms with van der Waals surface area (Å²) in [5.41, 5.74) is 1.82. The van der Waals surface area contributed by atoms with Crippen LogP contribution < -0.4 is 15.4 Å². The largest absolute Gasteiger partial charge is 0.481 e. The Bertz CT molecular complexity index is 584. The van der Waals surface area contributed by atoms with Crippen LogP contribution in [0, 0.1) is 0 Å². The fraction of sp³-hybridized carbons (Fsp3) is 0.333. The molecule has 2 aromatic heterocycles. The van der Waals surface area contributed by atoms with E-state index in [0.29, 0.717) is 18.1 Å². The lowest BCUT2D eigenvalue weighted by Gasteiger charge is -2.24. The molecule has 2 amide bonds. The summed E-state index contributed by atoms with van der Waals surface area (Å²) in [6, 6.07) is 5.40. The van der Waals surface area contributed by atoms with Crippen molar-refractivity contribution in [2.75, 3.05) is 33.1 Å². The molecular formula is C15H20N4O2S. The van der Waals surface area contributed by atoms with Crippen molar-refractivity contribution in [1.29, 1.82) is 0 Å². The highest BCUT2D eigenvalue weighted by atomic mass is 32.1. The van der Waals surface area contributed by atoms with Gasteiger partial charge in [-0.15, -0.1) is 0 Å². The van der Waals surface area contributed by atoms with Crippen LogP contribution >= 0.6 is 11.3 Å². The fourth-order valence-corrected chi connectivity index (χ4v) is 2.71. The number of anilines is 1. The predicted molar refractivity (Wildman–Crippen MR) is 88.6 cm³/mol. The second kappa shape index (κ2) is 7.77. The maximum absolute atomic E-state index is 12.0. The van der Waals surface area contributed by atoms with E-state index in [2.05, 4.69) is 32.0 Å². The first-order valence-electron chi connectivity index (χ1n) is 6.83. The molecule has 118 valence electrons. The molecule has 0 saturated carbocycles. The maximum atomic E-state index is 12.0. The molecule has 0 aliphatic heterocycles. The molecule has 0 fully saturated rings. The number of methoxy groups -OCH3 is 1. The Labute approximate surface area is 134 Å². The van der Waals surface area contributed by atoms with Crippen LogP contribution in [0.1, 0.15) is 11.6 Å². The average Bonchev–Trinajstić information content (AvgIpc) is 3.02. The first-order chi connectivity index (χ1) is 10.6. The van der Waals surface area contributed by atoms with E-state index in [4.69, 9.17) is 4.74 Å². The number of nitrogens with one attached hydrogen (secondary N) is 2. The van der Waals surface area contributed by atoms with E-state index in [9.17, 15) is 4.79 Å². The minimum Gasteiger partial charge on any atom is -0.481 e. The molecule has 0 spiro atoms. The summed E-state index contributed by atoms with van der Waals surface area (Å²) in [5, 5.41) is 9.76. The minimum atomic E-state index is -0.256. The number of likely N-dealkylation sites (N-methyl/N-ethyl adjacent to an activating group) is 1. The number of carbonyl (C=O) groups excluding carboxylic acids is 1. The van der Waals surface area contributed by atoms with Gasteiger partial charge in [-0.2, -0.15) is 11.3 Å². The molecule has 1 unspecified atom stereocenters. The van der Waals surface area contributed by atoms with Gasteiger partial charge in [0.1, 0.15) is 0 Å². The Morgan fingerprint density at radius 2 is 2.23 bits per heavy atom. The van der Waals surface area contributed by atoms with Crippen LogP contribution in [-0.4, -0.2) is 43.7 Å². The summed E-state index contributed by atoms with van der Waals surface area (Å²) in [6.07, 6.45) is 1.56. The Morgan fingerprint density at radius 3 is 2.77 bits per heavy atom. The van der Waals surface area contributed by atoms with Gasteiger partial charge in [-0.1, -0.05) is 0 Å². The van der Waals surface area contributed by atoms with Gasteiger partial charge < -0.3 is 20.3 Å². The van der Waals surface area contributed by atoms with Gasteiger partial charge in [0, 0.05) is 12.6 Å². The third-order valence-corrected chi connectivity index (χ3v) is 3.91. The van der Waals surface area contributed by atoms with Gasteiger partial charge in [0.25, 0.3) is 0 Å². The molecule has 2 N–H and O–H groups in total. The molecular weight excluding hydrogens is 300 g/mol. The number of pyridine rings is 1. The number of ether oxygens (including phenoxy) is 1. The van der Waals surface area contributed by atoms with E-state index >= 15 is 0 Å². The lowest BCUT2D eigenvalue weighted by molar-refractivity contribution is 0.243. The molecule has 0 aliphatic carbocycles. The number of thiophene rings is 1. The molecule has 0 aromatic carbocycles. The number of aromatic nitrogens is 1. The summed E-state index contributed by atoms with van der Waals surface area (Å²) in [7, 11) is 5.54. The normalized spacial score (nSPS) is 12.0. The zero-order valence-corrected chi connectivity index (χ0v) is 13.7. The van der Waals surface area contributed by atoms with Gasteiger partial charge in [0.2, 0.25) is 5.88 Å². The molecule has 2 rings (SSSR count). The summed E-state index contributed by atoms with van der Waals surface area (Å²) < 4.78 is 4.98. The van der Waals surface area contributed by atoms with Crippen molar-refractivity contribution >= 4 is 23.1 Å². The zero-order valence-electron chi connectivity index (χ0n) is 12.9. The number of rotatable bonds is 6. The minimum absolute atomic E-state index is 0.144. The first kappa shape index (κ1) is 16.3. The summed E-state index contributed by atoms with van der Waals surface area (Å²) in [6.45, 7) is 0.527. The zero-order chi connectivity index (χ0) is 15.9. The first-order valence-corrected chi connectivity index (χ1v) is 7.78. The molecule has 6 nitrogen and oxygen atoms in total. The molecule has 1 atom stereocenters. The number of carbonyl (C=O) groups is 1. The molecule has 0 radical (unpaired) electrons. The fourth-order valence-electron chi connectivity index (χ4n) is 2.00. The second-order valence-electron chi connectivity index (χ2n) is 4.96. The van der Waals surface area contributed by atoms with Crippen molar-refractivity contribution in [3.63, 3.8) is 0 Å². The Balaban J connectivity index is 1.88.